The first-order chi connectivity index (χ1) is 14.3. The van der Waals surface area contributed by atoms with E-state index in [9.17, 15) is 14.4 Å². The highest BCUT2D eigenvalue weighted by Gasteiger charge is 2.33. The minimum Gasteiger partial charge on any atom is -0.308 e. The maximum absolute atomic E-state index is 13.3. The summed E-state index contributed by atoms with van der Waals surface area (Å²) in [5.74, 6) is -0.510. The van der Waals surface area contributed by atoms with E-state index in [2.05, 4.69) is 15.6 Å². The second-order valence-electron chi connectivity index (χ2n) is 7.37. The smallest absolute Gasteiger partial charge is 0.308 e. The number of rotatable bonds is 5. The highest BCUT2D eigenvalue weighted by molar-refractivity contribution is 6.14. The summed E-state index contributed by atoms with van der Waals surface area (Å²) in [5, 5.41) is 5.37. The summed E-state index contributed by atoms with van der Waals surface area (Å²) in [6.07, 6.45) is -0.817. The van der Waals surface area contributed by atoms with Crippen molar-refractivity contribution >= 4 is 34.8 Å². The molecule has 0 radical (unpaired) electrons. The van der Waals surface area contributed by atoms with E-state index < -0.39 is 18.1 Å². The molecule has 0 fully saturated rings. The van der Waals surface area contributed by atoms with E-state index in [1.807, 2.05) is 50.2 Å². The van der Waals surface area contributed by atoms with Gasteiger partial charge in [0.25, 0.3) is 5.91 Å². The van der Waals surface area contributed by atoms with E-state index in [1.165, 1.54) is 4.90 Å². The van der Waals surface area contributed by atoms with Crippen LogP contribution in [0.4, 0.5) is 16.2 Å². The van der Waals surface area contributed by atoms with Gasteiger partial charge in [0.1, 0.15) is 0 Å². The number of nitrogens with one attached hydrogen (secondary N) is 2. The number of fused-ring (bicyclic) bond motifs is 1. The number of carbonyl (C=O) groups is 3. The van der Waals surface area contributed by atoms with Crippen molar-refractivity contribution in [2.45, 2.75) is 40.3 Å². The van der Waals surface area contributed by atoms with Crippen molar-refractivity contribution in [3.8, 4) is 0 Å². The molecule has 2 N–H and O–H groups in total. The number of aliphatic imine (C=N–C) groups is 1. The van der Waals surface area contributed by atoms with Gasteiger partial charge >= 0.3 is 6.03 Å². The Kier molecular flexibility index (Phi) is 6.30. The van der Waals surface area contributed by atoms with Gasteiger partial charge in [-0.05, 0) is 44.0 Å². The average Bonchev–Trinajstić information content (AvgIpc) is 2.79. The van der Waals surface area contributed by atoms with Crippen LogP contribution in [0.2, 0.25) is 0 Å². The number of hydrogen-bond donors (Lipinski definition) is 2. The molecular weight excluding hydrogens is 380 g/mol. The molecule has 1 heterocycles. The van der Waals surface area contributed by atoms with E-state index in [0.717, 1.165) is 16.7 Å². The first kappa shape index (κ1) is 21.2. The van der Waals surface area contributed by atoms with E-state index in [1.54, 1.807) is 19.9 Å². The zero-order valence-electron chi connectivity index (χ0n) is 17.7. The first-order valence-electron chi connectivity index (χ1n) is 9.91. The van der Waals surface area contributed by atoms with Gasteiger partial charge in [0.15, 0.2) is 5.78 Å². The average molecular weight is 406 g/mol. The molecule has 3 amide bonds. The number of ketones is 1. The fraction of sp³-hybridized carbons (Fsp3) is 0.304. The van der Waals surface area contributed by atoms with E-state index in [4.69, 9.17) is 0 Å². The monoisotopic (exact) mass is 406 g/mol. The predicted octanol–water partition coefficient (Wildman–Crippen LogP) is 3.59. The van der Waals surface area contributed by atoms with Crippen molar-refractivity contribution in [1.29, 1.82) is 0 Å². The predicted molar refractivity (Wildman–Crippen MR) is 118 cm³/mol. The fourth-order valence-electron chi connectivity index (χ4n) is 3.44. The summed E-state index contributed by atoms with van der Waals surface area (Å²) in [5.41, 5.74) is 4.54. The molecule has 156 valence electrons. The minimum atomic E-state index is -1.13. The highest BCUT2D eigenvalue weighted by atomic mass is 16.2. The van der Waals surface area contributed by atoms with Crippen LogP contribution in [0.5, 0.6) is 0 Å². The highest BCUT2D eigenvalue weighted by Crippen LogP contribution is 2.29. The largest absolute Gasteiger partial charge is 0.321 e. The number of para-hydroxylation sites is 1. The summed E-state index contributed by atoms with van der Waals surface area (Å²) in [6.45, 7) is 7.31. The number of benzodiazepines with no additional fused rings is 1. The van der Waals surface area contributed by atoms with Crippen LogP contribution in [-0.2, 0) is 9.59 Å². The number of aryl methyl sites for hydroxylation is 2. The molecule has 1 atom stereocenters. The topological polar surface area (TPSA) is 90.9 Å². The molecule has 7 heteroatoms. The Morgan fingerprint density at radius 3 is 2.53 bits per heavy atom. The number of carbonyl (C=O) groups excluding carboxylic acids is 3. The lowest BCUT2D eigenvalue weighted by atomic mass is 10.0. The van der Waals surface area contributed by atoms with Crippen molar-refractivity contribution in [2.75, 3.05) is 16.8 Å². The molecule has 0 saturated heterocycles. The molecule has 30 heavy (non-hydrogen) atoms. The van der Waals surface area contributed by atoms with Gasteiger partial charge in [-0.3, -0.25) is 14.6 Å². The van der Waals surface area contributed by atoms with Crippen molar-refractivity contribution in [1.82, 2.24) is 5.32 Å². The molecule has 3 rings (SSSR count). The van der Waals surface area contributed by atoms with Crippen LogP contribution >= 0.6 is 0 Å². The van der Waals surface area contributed by atoms with Gasteiger partial charge in [-0.2, -0.15) is 0 Å². The Bertz CT molecular complexity index is 1030. The zero-order valence-corrected chi connectivity index (χ0v) is 17.7. The van der Waals surface area contributed by atoms with Crippen LogP contribution in [0.25, 0.3) is 0 Å². The Morgan fingerprint density at radius 2 is 1.83 bits per heavy atom. The zero-order chi connectivity index (χ0) is 21.8. The molecule has 1 aliphatic heterocycles. The summed E-state index contributed by atoms with van der Waals surface area (Å²) in [7, 11) is 0. The van der Waals surface area contributed by atoms with Gasteiger partial charge in [0, 0.05) is 23.4 Å². The lowest BCUT2D eigenvalue weighted by Crippen LogP contribution is -2.50. The number of nitrogens with zero attached hydrogens (tertiary/aromatic N) is 2. The van der Waals surface area contributed by atoms with Crippen molar-refractivity contribution < 1.29 is 14.4 Å². The van der Waals surface area contributed by atoms with Crippen LogP contribution in [-0.4, -0.2) is 36.1 Å². The number of anilines is 2. The first-order valence-corrected chi connectivity index (χ1v) is 9.91. The number of amides is 3. The standard InChI is InChI=1S/C23H26N4O3/c1-5-18(28)13-27-20-15(3)9-7-11-19(20)16(4)24-21(22(27)29)26-23(30)25-17-10-6-8-14(2)12-17/h6-12,21H,5,13H2,1-4H3,(H2,25,26,30)/t21-/m0/s1. The Labute approximate surface area is 176 Å². The van der Waals surface area contributed by atoms with Crippen LogP contribution < -0.4 is 15.5 Å². The maximum Gasteiger partial charge on any atom is 0.321 e. The third-order valence-corrected chi connectivity index (χ3v) is 4.99. The molecule has 0 aromatic heterocycles. The third kappa shape index (κ3) is 4.56. The molecule has 0 saturated carbocycles. The molecular formula is C23H26N4O3. The van der Waals surface area contributed by atoms with Gasteiger partial charge in [-0.1, -0.05) is 37.3 Å². The Balaban J connectivity index is 1.91. The number of hydrogen-bond acceptors (Lipinski definition) is 4. The van der Waals surface area contributed by atoms with Gasteiger partial charge in [0.2, 0.25) is 6.17 Å². The third-order valence-electron chi connectivity index (χ3n) is 4.99. The van der Waals surface area contributed by atoms with Crippen molar-refractivity contribution in [3.63, 3.8) is 0 Å². The van der Waals surface area contributed by atoms with Crippen LogP contribution in [0.15, 0.2) is 47.5 Å². The lowest BCUT2D eigenvalue weighted by Gasteiger charge is -2.26. The summed E-state index contributed by atoms with van der Waals surface area (Å²) >= 11 is 0. The van der Waals surface area contributed by atoms with Gasteiger partial charge < -0.3 is 15.5 Å². The number of urea groups is 1. The molecule has 2 aromatic carbocycles. The summed E-state index contributed by atoms with van der Waals surface area (Å²) < 4.78 is 0. The summed E-state index contributed by atoms with van der Waals surface area (Å²) in [4.78, 5) is 44.0. The number of Topliss-reactive ketones (excluding diaryl/α,β-unsaturated/α-hetero) is 1. The quantitative estimate of drug-likeness (QED) is 0.795. The molecule has 2 aromatic rings. The van der Waals surface area contributed by atoms with Gasteiger partial charge in [-0.15, -0.1) is 0 Å². The Morgan fingerprint density at radius 1 is 1.10 bits per heavy atom. The molecule has 0 bridgehead atoms. The van der Waals surface area contributed by atoms with E-state index in [0.29, 0.717) is 23.5 Å². The summed E-state index contributed by atoms with van der Waals surface area (Å²) in [6, 6.07) is 12.5. The SMILES string of the molecule is CCC(=O)CN1C(=O)[C@H](NC(=O)Nc2cccc(C)c2)N=C(C)c2cccc(C)c21. The normalized spacial score (nSPS) is 15.7. The second-order valence-corrected chi connectivity index (χ2v) is 7.37. The maximum atomic E-state index is 13.3. The van der Waals surface area contributed by atoms with Crippen molar-refractivity contribution in [3.05, 3.63) is 59.2 Å². The van der Waals surface area contributed by atoms with Crippen molar-refractivity contribution in [2.24, 2.45) is 4.99 Å². The van der Waals surface area contributed by atoms with Crippen LogP contribution in [0.3, 0.4) is 0 Å². The van der Waals surface area contributed by atoms with E-state index in [-0.39, 0.29) is 12.3 Å². The van der Waals surface area contributed by atoms with Crippen LogP contribution in [0, 0.1) is 13.8 Å². The molecule has 0 spiro atoms. The molecule has 7 nitrogen and oxygen atoms in total. The van der Waals surface area contributed by atoms with Crippen LogP contribution in [0.1, 0.15) is 37.0 Å². The molecule has 0 unspecified atom stereocenters. The molecule has 0 aliphatic carbocycles. The van der Waals surface area contributed by atoms with Gasteiger partial charge in [0.05, 0.1) is 12.2 Å². The minimum absolute atomic E-state index is 0.0618. The second kappa shape index (κ2) is 8.90. The van der Waals surface area contributed by atoms with E-state index >= 15 is 0 Å². The molecule has 1 aliphatic rings. The fourth-order valence-corrected chi connectivity index (χ4v) is 3.44. The van der Waals surface area contributed by atoms with Gasteiger partial charge in [-0.25, -0.2) is 4.79 Å². The Hall–Kier alpha value is -3.48. The lowest BCUT2D eigenvalue weighted by molar-refractivity contribution is -0.123. The number of benzene rings is 2.